The van der Waals surface area contributed by atoms with E-state index < -0.39 is 29.5 Å². The fourth-order valence-electron chi connectivity index (χ4n) is 1.35. The molecule has 0 rings (SSSR count). The monoisotopic (exact) mass is 336 g/mol. The van der Waals surface area contributed by atoms with Gasteiger partial charge in [0.15, 0.2) is 0 Å². The maximum Gasteiger partial charge on any atom is 0.429 e. The number of nitrogens with one attached hydrogen (secondary N) is 1. The van der Waals surface area contributed by atoms with Gasteiger partial charge in [0.05, 0.1) is 12.6 Å². The second-order valence-electron chi connectivity index (χ2n) is 6.81. The van der Waals surface area contributed by atoms with Gasteiger partial charge in [0.25, 0.3) is 0 Å². The Morgan fingerprint density at radius 3 is 2.05 bits per heavy atom. The smallest absolute Gasteiger partial charge is 0.429 e. The fourth-order valence-corrected chi connectivity index (χ4v) is 1.84. The molecular weight excluding hydrogens is 308 g/mol. The number of amides is 2. The van der Waals surface area contributed by atoms with Crippen LogP contribution in [0.2, 0.25) is 0 Å². The van der Waals surface area contributed by atoms with E-state index in [1.165, 1.54) is 11.8 Å². The maximum atomic E-state index is 12.1. The number of nitrogens with zero attached hydrogens (tertiary/aromatic N) is 1. The molecule has 1 atom stereocenters. The predicted octanol–water partition coefficient (Wildman–Crippen LogP) is 2.39. The van der Waals surface area contributed by atoms with Crippen molar-refractivity contribution in [1.29, 1.82) is 0 Å². The van der Waals surface area contributed by atoms with Crippen molar-refractivity contribution in [3.63, 3.8) is 0 Å². The van der Waals surface area contributed by atoms with E-state index >= 15 is 0 Å². The van der Waals surface area contributed by atoms with Gasteiger partial charge < -0.3 is 14.6 Å². The molecule has 2 N–H and O–H groups in total. The van der Waals surface area contributed by atoms with Crippen molar-refractivity contribution in [2.45, 2.75) is 58.8 Å². The third-order valence-corrected chi connectivity index (χ3v) is 2.71. The lowest BCUT2D eigenvalue weighted by atomic mass is 10.2. The lowest BCUT2D eigenvalue weighted by Crippen LogP contribution is -2.52. The first kappa shape index (κ1) is 20.9. The van der Waals surface area contributed by atoms with Crippen LogP contribution in [0, 0.1) is 0 Å². The maximum absolute atomic E-state index is 12.1. The van der Waals surface area contributed by atoms with Crippen molar-refractivity contribution in [2.24, 2.45) is 0 Å². The minimum Gasteiger partial charge on any atom is -0.443 e. The highest BCUT2D eigenvalue weighted by atomic mass is 32.2. The van der Waals surface area contributed by atoms with E-state index in [9.17, 15) is 14.7 Å². The summed E-state index contributed by atoms with van der Waals surface area (Å²) >= 11 is 1.43. The first-order valence-corrected chi connectivity index (χ1v) is 8.40. The number of rotatable bonds is 4. The quantitative estimate of drug-likeness (QED) is 0.766. The van der Waals surface area contributed by atoms with Gasteiger partial charge in [0, 0.05) is 5.75 Å². The molecule has 0 heterocycles. The van der Waals surface area contributed by atoms with Gasteiger partial charge >= 0.3 is 12.2 Å². The summed E-state index contributed by atoms with van der Waals surface area (Å²) in [6.45, 7) is 10.2. The van der Waals surface area contributed by atoms with E-state index in [-0.39, 0.29) is 6.54 Å². The second-order valence-corrected chi connectivity index (χ2v) is 7.72. The summed E-state index contributed by atoms with van der Waals surface area (Å²) in [5, 5.41) is 10.8. The lowest BCUT2D eigenvalue weighted by molar-refractivity contribution is -0.00730. The Morgan fingerprint density at radius 2 is 1.64 bits per heavy atom. The van der Waals surface area contributed by atoms with Crippen LogP contribution < -0.4 is 5.43 Å². The summed E-state index contributed by atoms with van der Waals surface area (Å²) in [5.41, 5.74) is 0.908. The van der Waals surface area contributed by atoms with Gasteiger partial charge in [0.1, 0.15) is 11.2 Å². The highest BCUT2D eigenvalue weighted by Crippen LogP contribution is 2.11. The molecule has 0 bridgehead atoms. The van der Waals surface area contributed by atoms with Crippen LogP contribution in [0.3, 0.4) is 0 Å². The number of hydrogen-bond acceptors (Lipinski definition) is 6. The van der Waals surface area contributed by atoms with Crippen LogP contribution >= 0.6 is 11.8 Å². The molecule has 0 saturated heterocycles. The van der Waals surface area contributed by atoms with Gasteiger partial charge in [-0.3, -0.25) is 0 Å². The molecule has 7 nitrogen and oxygen atoms in total. The van der Waals surface area contributed by atoms with Crippen LogP contribution in [0.15, 0.2) is 0 Å². The number of carbonyl (C=O) groups is 2. The molecule has 0 unspecified atom stereocenters. The number of hydrazine groups is 1. The second kappa shape index (κ2) is 8.47. The zero-order chi connectivity index (χ0) is 17.6. The first-order chi connectivity index (χ1) is 9.84. The number of hydrogen-bond donors (Lipinski definition) is 2. The number of carbonyl (C=O) groups excluding carboxylic acids is 2. The summed E-state index contributed by atoms with van der Waals surface area (Å²) in [5.74, 6) is 0.426. The Bertz CT molecular complexity index is 376. The molecule has 2 amide bonds. The third kappa shape index (κ3) is 10.6. The van der Waals surface area contributed by atoms with Gasteiger partial charge in [0.2, 0.25) is 0 Å². The highest BCUT2D eigenvalue weighted by molar-refractivity contribution is 7.98. The largest absolute Gasteiger partial charge is 0.443 e. The molecule has 0 fully saturated rings. The molecular formula is C14H28N2O5S. The van der Waals surface area contributed by atoms with E-state index in [4.69, 9.17) is 9.47 Å². The summed E-state index contributed by atoms with van der Waals surface area (Å²) in [6.07, 6.45) is -0.492. The first-order valence-electron chi connectivity index (χ1n) is 7.01. The molecule has 0 saturated carbocycles. The summed E-state index contributed by atoms with van der Waals surface area (Å²) in [6, 6.07) is 0. The van der Waals surface area contributed by atoms with Crippen LogP contribution in [0.25, 0.3) is 0 Å². The average Bonchev–Trinajstić information content (AvgIpc) is 2.23. The molecule has 0 spiro atoms. The normalized spacial score (nSPS) is 13.3. The van der Waals surface area contributed by atoms with Crippen LogP contribution in [-0.4, -0.2) is 58.2 Å². The molecule has 0 aromatic heterocycles. The SMILES string of the molecule is CSC[C@H](O)CN(NC(=O)OC(C)(C)C)C(=O)OC(C)(C)C. The zero-order valence-electron chi connectivity index (χ0n) is 14.4. The van der Waals surface area contributed by atoms with E-state index in [1.54, 1.807) is 41.5 Å². The number of aliphatic hydroxyl groups is 1. The number of ether oxygens (including phenoxy) is 2. The molecule has 0 aromatic rings. The molecule has 130 valence electrons. The molecule has 0 aliphatic carbocycles. The average molecular weight is 336 g/mol. The Balaban J connectivity index is 4.85. The zero-order valence-corrected chi connectivity index (χ0v) is 15.2. The number of thioether (sulfide) groups is 1. The Kier molecular flexibility index (Phi) is 8.03. The predicted molar refractivity (Wildman–Crippen MR) is 86.7 cm³/mol. The van der Waals surface area contributed by atoms with Crippen molar-refractivity contribution in [2.75, 3.05) is 18.6 Å². The van der Waals surface area contributed by atoms with Crippen molar-refractivity contribution in [3.8, 4) is 0 Å². The van der Waals surface area contributed by atoms with E-state index in [2.05, 4.69) is 5.43 Å². The Morgan fingerprint density at radius 1 is 1.14 bits per heavy atom. The van der Waals surface area contributed by atoms with E-state index in [0.717, 1.165) is 5.01 Å². The van der Waals surface area contributed by atoms with Crippen LogP contribution in [0.5, 0.6) is 0 Å². The molecule has 8 heteroatoms. The highest BCUT2D eigenvalue weighted by Gasteiger charge is 2.27. The van der Waals surface area contributed by atoms with Gasteiger partial charge in [-0.25, -0.2) is 20.0 Å². The van der Waals surface area contributed by atoms with Crippen molar-refractivity contribution >= 4 is 23.9 Å². The standard InChI is InChI=1S/C14H28N2O5S/c1-13(2,3)20-11(18)15-16(8-10(17)9-22-7)12(19)21-14(4,5)6/h10,17H,8-9H2,1-7H3,(H,15,18)/t10-/m1/s1. The van der Waals surface area contributed by atoms with E-state index in [1.807, 2.05) is 6.26 Å². The fraction of sp³-hybridized carbons (Fsp3) is 0.857. The Labute approximate surface area is 136 Å². The van der Waals surface area contributed by atoms with Gasteiger partial charge in [-0.1, -0.05) is 0 Å². The molecule has 0 radical (unpaired) electrons. The van der Waals surface area contributed by atoms with Crippen LogP contribution in [-0.2, 0) is 9.47 Å². The van der Waals surface area contributed by atoms with Crippen molar-refractivity contribution in [1.82, 2.24) is 10.4 Å². The Hall–Kier alpha value is -1.15. The summed E-state index contributed by atoms with van der Waals surface area (Å²) in [7, 11) is 0. The van der Waals surface area contributed by atoms with Crippen molar-refractivity contribution in [3.05, 3.63) is 0 Å². The minimum atomic E-state index is -0.794. The number of aliphatic hydroxyl groups excluding tert-OH is 1. The molecule has 22 heavy (non-hydrogen) atoms. The van der Waals surface area contributed by atoms with Crippen molar-refractivity contribution < 1.29 is 24.2 Å². The third-order valence-electron chi connectivity index (χ3n) is 1.99. The van der Waals surface area contributed by atoms with Gasteiger partial charge in [-0.2, -0.15) is 11.8 Å². The van der Waals surface area contributed by atoms with Gasteiger partial charge in [-0.05, 0) is 47.8 Å². The topological polar surface area (TPSA) is 88.1 Å². The summed E-state index contributed by atoms with van der Waals surface area (Å²) < 4.78 is 10.3. The van der Waals surface area contributed by atoms with Crippen LogP contribution in [0.4, 0.5) is 9.59 Å². The molecule has 0 aliphatic heterocycles. The van der Waals surface area contributed by atoms with Crippen LogP contribution in [0.1, 0.15) is 41.5 Å². The van der Waals surface area contributed by atoms with Gasteiger partial charge in [-0.15, -0.1) is 0 Å². The molecule has 0 aromatic carbocycles. The lowest BCUT2D eigenvalue weighted by Gasteiger charge is -2.29. The summed E-state index contributed by atoms with van der Waals surface area (Å²) in [4.78, 5) is 23.9. The molecule has 0 aliphatic rings. The minimum absolute atomic E-state index is 0.0883. The van der Waals surface area contributed by atoms with E-state index in [0.29, 0.717) is 5.75 Å².